The third-order valence-electron chi connectivity index (χ3n) is 1.75. The zero-order valence-corrected chi connectivity index (χ0v) is 10.3. The average Bonchev–Trinajstić information content (AvgIpc) is 2.12. The van der Waals surface area contributed by atoms with E-state index >= 15 is 0 Å². The van der Waals surface area contributed by atoms with Crippen molar-refractivity contribution in [2.45, 2.75) is 6.04 Å². The van der Waals surface area contributed by atoms with Gasteiger partial charge in [-0.2, -0.15) is 0 Å². The van der Waals surface area contributed by atoms with Crippen LogP contribution >= 0.6 is 7.67 Å². The Hall–Kier alpha value is -0.460. The van der Waals surface area contributed by atoms with Crippen molar-refractivity contribution in [3.63, 3.8) is 0 Å². The predicted molar refractivity (Wildman–Crippen MR) is 56.5 cm³/mol. The number of carbonyl (C=O) groups is 1. The van der Waals surface area contributed by atoms with E-state index in [0.29, 0.717) is 0 Å². The Bertz CT molecular complexity index is 257. The molecule has 0 aromatic rings. The van der Waals surface area contributed by atoms with Crippen LogP contribution in [0.4, 0.5) is 0 Å². The molecule has 0 rings (SSSR count). The second kappa shape index (κ2) is 5.58. The molecular formula is C7H18N3O4P. The molecule has 0 aliphatic rings. The third kappa shape index (κ3) is 3.89. The van der Waals surface area contributed by atoms with Crippen molar-refractivity contribution in [1.29, 1.82) is 0 Å². The van der Waals surface area contributed by atoms with Gasteiger partial charge in [-0.05, 0) is 28.2 Å². The maximum absolute atomic E-state index is 12.1. The van der Waals surface area contributed by atoms with Crippen LogP contribution in [-0.4, -0.2) is 61.3 Å². The van der Waals surface area contributed by atoms with Gasteiger partial charge in [0.15, 0.2) is 0 Å². The Balaban J connectivity index is 4.46. The number of nitrogens with zero attached hydrogens (tertiary/aromatic N) is 2. The zero-order valence-electron chi connectivity index (χ0n) is 9.38. The molecule has 3 N–H and O–H groups in total. The van der Waals surface area contributed by atoms with Crippen molar-refractivity contribution in [3.8, 4) is 0 Å². The van der Waals surface area contributed by atoms with Gasteiger partial charge in [-0.25, -0.2) is 9.34 Å². The lowest BCUT2D eigenvalue weighted by Crippen LogP contribution is -2.36. The first-order valence-electron chi connectivity index (χ1n) is 4.30. The zero-order chi connectivity index (χ0) is 12.2. The predicted octanol–water partition coefficient (Wildman–Crippen LogP) is -0.354. The summed E-state index contributed by atoms with van der Waals surface area (Å²) in [5, 5.41) is 8.53. The summed E-state index contributed by atoms with van der Waals surface area (Å²) >= 11 is 0. The van der Waals surface area contributed by atoms with Crippen LogP contribution in [0.25, 0.3) is 0 Å². The minimum absolute atomic E-state index is 0.289. The SMILES string of the molecule is CN(C)P(=O)(OC[C@H](N)C(=O)O)N(C)C. The normalized spacial score (nSPS) is 14.6. The molecule has 15 heavy (non-hydrogen) atoms. The van der Waals surface area contributed by atoms with Gasteiger partial charge >= 0.3 is 13.6 Å². The maximum atomic E-state index is 12.1. The molecule has 0 amide bonds. The second-order valence-electron chi connectivity index (χ2n) is 3.43. The highest BCUT2D eigenvalue weighted by atomic mass is 31.2. The third-order valence-corrected chi connectivity index (χ3v) is 4.26. The molecule has 8 heteroatoms. The number of carboxylic acids is 1. The van der Waals surface area contributed by atoms with E-state index in [-0.39, 0.29) is 6.61 Å². The van der Waals surface area contributed by atoms with Crippen molar-refractivity contribution >= 4 is 13.6 Å². The van der Waals surface area contributed by atoms with Crippen LogP contribution in [-0.2, 0) is 13.9 Å². The Kier molecular flexibility index (Phi) is 5.41. The molecule has 0 bridgehead atoms. The molecule has 7 nitrogen and oxygen atoms in total. The van der Waals surface area contributed by atoms with Gasteiger partial charge in [0.2, 0.25) is 0 Å². The molecule has 0 radical (unpaired) electrons. The lowest BCUT2D eigenvalue weighted by atomic mass is 10.3. The quantitative estimate of drug-likeness (QED) is 0.611. The number of carboxylic acid groups (broad SMARTS) is 1. The molecule has 90 valence electrons. The van der Waals surface area contributed by atoms with Crippen molar-refractivity contribution in [3.05, 3.63) is 0 Å². The van der Waals surface area contributed by atoms with Gasteiger partial charge < -0.3 is 15.4 Å². The molecule has 0 aromatic carbocycles. The summed E-state index contributed by atoms with van der Waals surface area (Å²) in [5.74, 6) is -1.18. The Labute approximate surface area is 89.3 Å². The van der Waals surface area contributed by atoms with Crippen LogP contribution in [0.3, 0.4) is 0 Å². The summed E-state index contributed by atoms with van der Waals surface area (Å²) in [7, 11) is 3.23. The molecule has 0 saturated heterocycles. The highest BCUT2D eigenvalue weighted by molar-refractivity contribution is 7.53. The first kappa shape index (κ1) is 14.5. The summed E-state index contributed by atoms with van der Waals surface area (Å²) in [6.07, 6.45) is 0. The molecule has 0 aromatic heterocycles. The summed E-state index contributed by atoms with van der Waals surface area (Å²) in [5.41, 5.74) is 5.24. The maximum Gasteiger partial charge on any atom is 0.345 e. The van der Waals surface area contributed by atoms with E-state index in [2.05, 4.69) is 0 Å². The van der Waals surface area contributed by atoms with Gasteiger partial charge in [0.05, 0.1) is 6.61 Å². The van der Waals surface area contributed by atoms with E-state index in [9.17, 15) is 9.36 Å². The van der Waals surface area contributed by atoms with Gasteiger partial charge in [-0.3, -0.25) is 9.36 Å². The smallest absolute Gasteiger partial charge is 0.345 e. The standard InChI is InChI=1S/C7H18N3O4P/c1-9(2)15(13,10(3)4)14-5-6(8)7(11)12/h6H,5,8H2,1-4H3,(H,11,12)/t6-/m0/s1. The molecule has 0 saturated carbocycles. The van der Waals surface area contributed by atoms with E-state index in [1.165, 1.54) is 9.34 Å². The van der Waals surface area contributed by atoms with Crippen LogP contribution in [0.1, 0.15) is 0 Å². The fraction of sp³-hybridized carbons (Fsp3) is 0.857. The average molecular weight is 239 g/mol. The number of rotatable bonds is 6. The fourth-order valence-electron chi connectivity index (χ4n) is 0.837. The highest BCUT2D eigenvalue weighted by Crippen LogP contribution is 2.50. The van der Waals surface area contributed by atoms with Crippen LogP contribution in [0.15, 0.2) is 0 Å². The van der Waals surface area contributed by atoms with Gasteiger partial charge in [-0.1, -0.05) is 0 Å². The van der Waals surface area contributed by atoms with Crippen LogP contribution < -0.4 is 5.73 Å². The van der Waals surface area contributed by atoms with Crippen molar-refractivity contribution in [2.24, 2.45) is 5.73 Å². The molecule has 1 atom stereocenters. The molecule has 0 aliphatic carbocycles. The number of nitrogens with two attached hydrogens (primary N) is 1. The Morgan fingerprint density at radius 3 is 2.07 bits per heavy atom. The number of aliphatic carboxylic acids is 1. The molecular weight excluding hydrogens is 221 g/mol. The summed E-state index contributed by atoms with van der Waals surface area (Å²) in [6, 6.07) is -1.17. The van der Waals surface area contributed by atoms with E-state index in [0.717, 1.165) is 0 Å². The van der Waals surface area contributed by atoms with Gasteiger partial charge in [-0.15, -0.1) is 0 Å². The summed E-state index contributed by atoms with van der Waals surface area (Å²) in [4.78, 5) is 10.4. The van der Waals surface area contributed by atoms with E-state index in [4.69, 9.17) is 15.4 Å². The number of hydrogen-bond donors (Lipinski definition) is 2. The lowest BCUT2D eigenvalue weighted by Gasteiger charge is -2.29. The summed E-state index contributed by atoms with van der Waals surface area (Å²) < 4.78 is 20.0. The highest BCUT2D eigenvalue weighted by Gasteiger charge is 2.30. The molecule has 0 fully saturated rings. The van der Waals surface area contributed by atoms with E-state index in [1.807, 2.05) is 0 Å². The number of hydrogen-bond acceptors (Lipinski definition) is 4. The Morgan fingerprint density at radius 1 is 1.40 bits per heavy atom. The Morgan fingerprint density at radius 2 is 1.80 bits per heavy atom. The van der Waals surface area contributed by atoms with Crippen LogP contribution in [0.2, 0.25) is 0 Å². The second-order valence-corrected chi connectivity index (χ2v) is 6.26. The summed E-state index contributed by atoms with van der Waals surface area (Å²) in [6.45, 7) is -0.289. The van der Waals surface area contributed by atoms with E-state index in [1.54, 1.807) is 28.2 Å². The van der Waals surface area contributed by atoms with Crippen molar-refractivity contribution in [2.75, 3.05) is 34.8 Å². The van der Waals surface area contributed by atoms with Gasteiger partial charge in [0.25, 0.3) is 0 Å². The van der Waals surface area contributed by atoms with Crippen molar-refractivity contribution < 1.29 is 19.0 Å². The largest absolute Gasteiger partial charge is 0.480 e. The van der Waals surface area contributed by atoms with Crippen LogP contribution in [0, 0.1) is 0 Å². The molecule has 0 aliphatic heterocycles. The van der Waals surface area contributed by atoms with E-state index < -0.39 is 19.7 Å². The fourth-order valence-corrected chi connectivity index (χ4v) is 2.37. The minimum Gasteiger partial charge on any atom is -0.480 e. The topological polar surface area (TPSA) is 96.1 Å². The minimum atomic E-state index is -3.13. The van der Waals surface area contributed by atoms with Gasteiger partial charge in [0.1, 0.15) is 6.04 Å². The van der Waals surface area contributed by atoms with Gasteiger partial charge in [0, 0.05) is 0 Å². The first-order chi connectivity index (χ1) is 6.71. The lowest BCUT2D eigenvalue weighted by molar-refractivity contribution is -0.139. The van der Waals surface area contributed by atoms with Crippen LogP contribution in [0.5, 0.6) is 0 Å². The first-order valence-corrected chi connectivity index (χ1v) is 5.83. The molecule has 0 heterocycles. The molecule has 0 spiro atoms. The monoisotopic (exact) mass is 239 g/mol. The van der Waals surface area contributed by atoms with Crippen molar-refractivity contribution in [1.82, 2.24) is 9.34 Å². The molecule has 0 unspecified atom stereocenters.